The summed E-state index contributed by atoms with van der Waals surface area (Å²) in [6.45, 7) is 0.193. The summed E-state index contributed by atoms with van der Waals surface area (Å²) in [5, 5.41) is 8.97. The van der Waals surface area contributed by atoms with E-state index >= 15 is 0 Å². The second kappa shape index (κ2) is 8.38. The van der Waals surface area contributed by atoms with Crippen LogP contribution >= 0.6 is 11.6 Å². The van der Waals surface area contributed by atoms with Crippen LogP contribution in [0.3, 0.4) is 0 Å². The predicted octanol–water partition coefficient (Wildman–Crippen LogP) is 2.44. The van der Waals surface area contributed by atoms with E-state index in [1.165, 1.54) is 38.9 Å². The van der Waals surface area contributed by atoms with Crippen LogP contribution in [0.15, 0.2) is 52.3 Å². The van der Waals surface area contributed by atoms with Gasteiger partial charge in [-0.25, -0.2) is 21.2 Å². The van der Waals surface area contributed by atoms with Gasteiger partial charge in [0.25, 0.3) is 0 Å². The van der Waals surface area contributed by atoms with Gasteiger partial charge in [0.15, 0.2) is 0 Å². The van der Waals surface area contributed by atoms with Crippen LogP contribution in [0, 0.1) is 17.1 Å². The zero-order chi connectivity index (χ0) is 21.2. The number of halogens is 2. The predicted molar refractivity (Wildman–Crippen MR) is 105 cm³/mol. The minimum atomic E-state index is -3.90. The first kappa shape index (κ1) is 21.7. The second-order valence-corrected chi connectivity index (χ2v) is 10.7. The summed E-state index contributed by atoms with van der Waals surface area (Å²) in [5.74, 6) is -0.543. The number of nitriles is 1. The van der Waals surface area contributed by atoms with Crippen LogP contribution < -0.4 is 0 Å². The zero-order valence-corrected chi connectivity index (χ0v) is 17.5. The van der Waals surface area contributed by atoms with E-state index in [0.717, 1.165) is 12.1 Å². The van der Waals surface area contributed by atoms with Crippen LogP contribution in [-0.2, 0) is 20.0 Å². The molecule has 0 bridgehead atoms. The highest BCUT2D eigenvalue weighted by molar-refractivity contribution is 7.89. The van der Waals surface area contributed by atoms with Crippen LogP contribution in [0.5, 0.6) is 0 Å². The first-order valence-corrected chi connectivity index (χ1v) is 11.9. The Hall–Kier alpha value is -2.03. The molecule has 11 heteroatoms. The Kier molecular flexibility index (Phi) is 6.26. The van der Waals surface area contributed by atoms with Crippen molar-refractivity contribution in [1.29, 1.82) is 5.26 Å². The number of hydrogen-bond donors (Lipinski definition) is 0. The van der Waals surface area contributed by atoms with E-state index in [9.17, 15) is 21.2 Å². The first-order valence-electron chi connectivity index (χ1n) is 8.62. The normalized spacial score (nSPS) is 16.9. The molecule has 0 spiro atoms. The number of hydrogen-bond acceptors (Lipinski definition) is 5. The minimum Gasteiger partial charge on any atom is -0.207 e. The fraction of sp³-hybridized carbons (Fsp3) is 0.278. The third kappa shape index (κ3) is 4.44. The van der Waals surface area contributed by atoms with E-state index in [2.05, 4.69) is 0 Å². The Morgan fingerprint density at radius 3 is 1.90 bits per heavy atom. The van der Waals surface area contributed by atoms with Crippen LogP contribution in [0.25, 0.3) is 0 Å². The molecule has 0 amide bonds. The average molecular weight is 458 g/mol. The lowest BCUT2D eigenvalue weighted by Gasteiger charge is -2.22. The quantitative estimate of drug-likeness (QED) is 0.702. The maximum atomic E-state index is 13.1. The lowest BCUT2D eigenvalue weighted by molar-refractivity contribution is 0.404. The second-order valence-electron chi connectivity index (χ2n) is 6.37. The summed E-state index contributed by atoms with van der Waals surface area (Å²) < 4.78 is 66.9. The first-order chi connectivity index (χ1) is 13.7. The largest absolute Gasteiger partial charge is 0.243 e. The Labute approximate surface area is 174 Å². The van der Waals surface area contributed by atoms with E-state index in [1.54, 1.807) is 0 Å². The molecular weight excluding hydrogens is 441 g/mol. The van der Waals surface area contributed by atoms with Crippen molar-refractivity contribution in [3.8, 4) is 6.07 Å². The van der Waals surface area contributed by atoms with Crippen molar-refractivity contribution in [2.75, 3.05) is 26.2 Å². The van der Waals surface area contributed by atoms with E-state index < -0.39 is 25.9 Å². The van der Waals surface area contributed by atoms with Crippen molar-refractivity contribution in [3.63, 3.8) is 0 Å². The van der Waals surface area contributed by atoms with Gasteiger partial charge in [0.1, 0.15) is 11.9 Å². The minimum absolute atomic E-state index is 0.0314. The third-order valence-electron chi connectivity index (χ3n) is 4.56. The highest BCUT2D eigenvalue weighted by atomic mass is 35.5. The van der Waals surface area contributed by atoms with E-state index in [0.29, 0.717) is 6.42 Å². The van der Waals surface area contributed by atoms with Gasteiger partial charge in [-0.15, -0.1) is 0 Å². The summed E-state index contributed by atoms with van der Waals surface area (Å²) in [6.07, 6.45) is 0.295. The Bertz CT molecular complexity index is 1160. The third-order valence-corrected chi connectivity index (χ3v) is 8.68. The molecule has 1 fully saturated rings. The highest BCUT2D eigenvalue weighted by Gasteiger charge is 2.32. The van der Waals surface area contributed by atoms with E-state index in [-0.39, 0.29) is 46.6 Å². The smallest absolute Gasteiger partial charge is 0.207 e. The fourth-order valence-electron chi connectivity index (χ4n) is 3.00. The molecule has 0 aliphatic carbocycles. The molecule has 0 aromatic heterocycles. The SMILES string of the molecule is N#Cc1ccc(S(=O)(=O)N2CCCN(S(=O)(=O)c3ccc(F)cc3)CC2)cc1Cl. The van der Waals surface area contributed by atoms with Crippen molar-refractivity contribution in [1.82, 2.24) is 8.61 Å². The highest BCUT2D eigenvalue weighted by Crippen LogP contribution is 2.25. The standard InChI is InChI=1S/C18H17ClFN3O4S2/c19-18-12-17(5-2-14(18)13-21)29(26,27)23-9-1-8-22(10-11-23)28(24,25)16-6-3-15(20)4-7-16/h2-7,12H,1,8-11H2. The van der Waals surface area contributed by atoms with Crippen molar-refractivity contribution < 1.29 is 21.2 Å². The number of nitrogens with zero attached hydrogens (tertiary/aromatic N) is 3. The molecule has 29 heavy (non-hydrogen) atoms. The summed E-state index contributed by atoms with van der Waals surface area (Å²) in [5.41, 5.74) is 0.165. The van der Waals surface area contributed by atoms with Gasteiger partial charge < -0.3 is 0 Å². The number of rotatable bonds is 4. The maximum Gasteiger partial charge on any atom is 0.243 e. The van der Waals surface area contributed by atoms with Gasteiger partial charge in [0.2, 0.25) is 20.0 Å². The molecule has 0 saturated carbocycles. The topological polar surface area (TPSA) is 98.5 Å². The molecule has 1 heterocycles. The Morgan fingerprint density at radius 2 is 1.38 bits per heavy atom. The molecule has 3 rings (SSSR count). The van der Waals surface area contributed by atoms with Gasteiger partial charge in [-0.1, -0.05) is 11.6 Å². The van der Waals surface area contributed by atoms with E-state index in [4.69, 9.17) is 16.9 Å². The maximum absolute atomic E-state index is 13.1. The van der Waals surface area contributed by atoms with Gasteiger partial charge in [-0.3, -0.25) is 0 Å². The molecule has 0 N–H and O–H groups in total. The van der Waals surface area contributed by atoms with Gasteiger partial charge in [0, 0.05) is 26.2 Å². The average Bonchev–Trinajstić information content (AvgIpc) is 2.95. The van der Waals surface area contributed by atoms with Crippen LogP contribution in [0.4, 0.5) is 4.39 Å². The Balaban J connectivity index is 1.81. The van der Waals surface area contributed by atoms with Gasteiger partial charge in [0.05, 0.1) is 20.4 Å². The molecular formula is C18H17ClFN3O4S2. The molecule has 0 radical (unpaired) electrons. The number of sulfonamides is 2. The molecule has 0 atom stereocenters. The molecule has 154 valence electrons. The van der Waals surface area contributed by atoms with Crippen LogP contribution in [-0.4, -0.2) is 51.6 Å². The van der Waals surface area contributed by atoms with E-state index in [1.807, 2.05) is 6.07 Å². The molecule has 7 nitrogen and oxygen atoms in total. The lowest BCUT2D eigenvalue weighted by Crippen LogP contribution is -2.37. The van der Waals surface area contributed by atoms with Gasteiger partial charge >= 0.3 is 0 Å². The van der Waals surface area contributed by atoms with Crippen molar-refractivity contribution >= 4 is 31.6 Å². The van der Waals surface area contributed by atoms with Crippen LogP contribution in [0.2, 0.25) is 5.02 Å². The molecule has 0 unspecified atom stereocenters. The van der Waals surface area contributed by atoms with Crippen molar-refractivity contribution in [2.24, 2.45) is 0 Å². The molecule has 2 aromatic rings. The van der Waals surface area contributed by atoms with Crippen molar-refractivity contribution in [2.45, 2.75) is 16.2 Å². The summed E-state index contributed by atoms with van der Waals surface area (Å²) in [7, 11) is -7.77. The van der Waals surface area contributed by atoms with Crippen LogP contribution in [0.1, 0.15) is 12.0 Å². The summed E-state index contributed by atoms with van der Waals surface area (Å²) in [6, 6.07) is 10.2. The fourth-order valence-corrected chi connectivity index (χ4v) is 6.26. The molecule has 1 saturated heterocycles. The van der Waals surface area contributed by atoms with Crippen molar-refractivity contribution in [3.05, 3.63) is 58.9 Å². The molecule has 1 aliphatic heterocycles. The monoisotopic (exact) mass is 457 g/mol. The molecule has 1 aliphatic rings. The van der Waals surface area contributed by atoms with Gasteiger partial charge in [-0.05, 0) is 48.9 Å². The lowest BCUT2D eigenvalue weighted by atomic mass is 10.2. The Morgan fingerprint density at radius 1 is 0.862 bits per heavy atom. The molecule has 2 aromatic carbocycles. The summed E-state index contributed by atoms with van der Waals surface area (Å²) >= 11 is 5.95. The summed E-state index contributed by atoms with van der Waals surface area (Å²) in [4.78, 5) is -0.106. The van der Waals surface area contributed by atoms with Gasteiger partial charge in [-0.2, -0.15) is 13.9 Å². The number of benzene rings is 2. The zero-order valence-electron chi connectivity index (χ0n) is 15.1.